The van der Waals surface area contributed by atoms with Gasteiger partial charge in [-0.05, 0) is 24.6 Å². The first kappa shape index (κ1) is 14.3. The van der Waals surface area contributed by atoms with E-state index in [0.29, 0.717) is 32.2 Å². The number of benzene rings is 1. The number of carbonyl (C=O) groups excluding carboxylic acids is 1. The van der Waals surface area contributed by atoms with Crippen molar-refractivity contribution in [2.24, 2.45) is 0 Å². The van der Waals surface area contributed by atoms with Crippen molar-refractivity contribution < 1.29 is 19.1 Å². The van der Waals surface area contributed by atoms with Crippen molar-refractivity contribution >= 4 is 45.1 Å². The number of nitrogens with zero attached hydrogens (tertiary/aromatic N) is 1. The summed E-state index contributed by atoms with van der Waals surface area (Å²) in [7, 11) is 0. The Labute approximate surface area is 128 Å². The summed E-state index contributed by atoms with van der Waals surface area (Å²) < 4.78 is 14.6. The van der Waals surface area contributed by atoms with E-state index < -0.39 is 12.0 Å². The number of carbonyl (C=O) groups is 2. The molecule has 4 nitrogen and oxygen atoms in total. The predicted octanol–water partition coefficient (Wildman–Crippen LogP) is 2.95. The van der Waals surface area contributed by atoms with Gasteiger partial charge in [-0.1, -0.05) is 6.07 Å². The molecule has 3 rings (SSSR count). The SMILES string of the molecule is Cc1c(C(=O)N2CSC[C@H]2C(=O)O)sc2cccc(F)c12. The molecule has 110 valence electrons. The molecule has 1 aromatic heterocycles. The van der Waals surface area contributed by atoms with Crippen LogP contribution in [0.5, 0.6) is 0 Å². The zero-order valence-corrected chi connectivity index (χ0v) is 12.8. The Bertz CT molecular complexity index is 743. The summed E-state index contributed by atoms with van der Waals surface area (Å²) in [5.74, 6) is -0.944. The minimum absolute atomic E-state index is 0.328. The lowest BCUT2D eigenvalue weighted by Gasteiger charge is -2.20. The Kier molecular flexibility index (Phi) is 3.62. The molecule has 1 fully saturated rings. The molecule has 0 spiro atoms. The van der Waals surface area contributed by atoms with E-state index in [1.807, 2.05) is 0 Å². The molecule has 0 aliphatic carbocycles. The molecule has 1 aliphatic rings. The summed E-state index contributed by atoms with van der Waals surface area (Å²) in [6.45, 7) is 1.70. The van der Waals surface area contributed by atoms with Crippen molar-refractivity contribution in [2.45, 2.75) is 13.0 Å². The topological polar surface area (TPSA) is 57.6 Å². The van der Waals surface area contributed by atoms with Crippen LogP contribution in [0.3, 0.4) is 0 Å². The van der Waals surface area contributed by atoms with Crippen molar-refractivity contribution in [3.05, 3.63) is 34.5 Å². The molecular weight excluding hydrogens is 313 g/mol. The maximum absolute atomic E-state index is 13.9. The van der Waals surface area contributed by atoms with Crippen molar-refractivity contribution in [3.8, 4) is 0 Å². The standard InChI is InChI=1S/C14H12FNO3S2/c1-7-11-8(15)3-2-4-10(11)21-12(7)13(17)16-6-20-5-9(16)14(18)19/h2-4,9H,5-6H2,1H3,(H,18,19)/t9-/m0/s1. The molecule has 7 heteroatoms. The lowest BCUT2D eigenvalue weighted by atomic mass is 10.1. The number of aryl methyl sites for hydroxylation is 1. The highest BCUT2D eigenvalue weighted by atomic mass is 32.2. The van der Waals surface area contributed by atoms with Gasteiger partial charge in [-0.15, -0.1) is 23.1 Å². The first-order valence-corrected chi connectivity index (χ1v) is 8.27. The largest absolute Gasteiger partial charge is 0.480 e. The van der Waals surface area contributed by atoms with Crippen LogP contribution in [-0.4, -0.2) is 39.6 Å². The minimum Gasteiger partial charge on any atom is -0.480 e. The van der Waals surface area contributed by atoms with E-state index in [1.54, 1.807) is 19.1 Å². The van der Waals surface area contributed by atoms with Crippen LogP contribution in [0.4, 0.5) is 4.39 Å². The van der Waals surface area contributed by atoms with E-state index in [4.69, 9.17) is 5.11 Å². The third kappa shape index (κ3) is 2.30. The summed E-state index contributed by atoms with van der Waals surface area (Å²) in [6, 6.07) is 3.92. The number of thioether (sulfide) groups is 1. The average Bonchev–Trinajstić information content (AvgIpc) is 3.04. The number of amides is 1. The number of hydrogen-bond donors (Lipinski definition) is 1. The normalized spacial score (nSPS) is 18.4. The third-order valence-electron chi connectivity index (χ3n) is 3.53. The second kappa shape index (κ2) is 5.31. The predicted molar refractivity (Wildman–Crippen MR) is 81.4 cm³/mol. The quantitative estimate of drug-likeness (QED) is 0.922. The van der Waals surface area contributed by atoms with Crippen molar-refractivity contribution in [3.63, 3.8) is 0 Å². The number of fused-ring (bicyclic) bond motifs is 1. The Morgan fingerprint density at radius 2 is 2.19 bits per heavy atom. The minimum atomic E-state index is -1.00. The Morgan fingerprint density at radius 1 is 1.43 bits per heavy atom. The van der Waals surface area contributed by atoms with Crippen molar-refractivity contribution in [1.29, 1.82) is 0 Å². The maximum Gasteiger partial charge on any atom is 0.327 e. The molecule has 1 amide bonds. The van der Waals surface area contributed by atoms with E-state index in [9.17, 15) is 14.0 Å². The summed E-state index contributed by atoms with van der Waals surface area (Å²) >= 11 is 2.63. The molecule has 0 unspecified atom stereocenters. The van der Waals surface area contributed by atoms with Crippen molar-refractivity contribution in [2.75, 3.05) is 11.6 Å². The summed E-state index contributed by atoms with van der Waals surface area (Å²) in [5.41, 5.74) is 0.583. The number of hydrogen-bond acceptors (Lipinski definition) is 4. The van der Waals surface area contributed by atoms with Gasteiger partial charge in [0.25, 0.3) is 5.91 Å². The first-order chi connectivity index (χ1) is 10.0. The fourth-order valence-corrected chi connectivity index (χ4v) is 4.76. The molecule has 0 radical (unpaired) electrons. The van der Waals surface area contributed by atoms with E-state index >= 15 is 0 Å². The molecule has 1 N–H and O–H groups in total. The van der Waals surface area contributed by atoms with Gasteiger partial charge < -0.3 is 10.0 Å². The lowest BCUT2D eigenvalue weighted by molar-refractivity contribution is -0.140. The lowest BCUT2D eigenvalue weighted by Crippen LogP contribution is -2.41. The van der Waals surface area contributed by atoms with E-state index in [0.717, 1.165) is 0 Å². The van der Waals surface area contributed by atoms with Gasteiger partial charge in [0.15, 0.2) is 0 Å². The molecule has 21 heavy (non-hydrogen) atoms. The van der Waals surface area contributed by atoms with Gasteiger partial charge in [-0.3, -0.25) is 4.79 Å². The van der Waals surface area contributed by atoms with Crippen LogP contribution in [-0.2, 0) is 4.79 Å². The zero-order chi connectivity index (χ0) is 15.1. The molecule has 1 aromatic carbocycles. The molecule has 2 aromatic rings. The summed E-state index contributed by atoms with van der Waals surface area (Å²) in [4.78, 5) is 25.6. The monoisotopic (exact) mass is 325 g/mol. The van der Waals surface area contributed by atoms with Crippen LogP contribution < -0.4 is 0 Å². The van der Waals surface area contributed by atoms with Gasteiger partial charge >= 0.3 is 5.97 Å². The first-order valence-electron chi connectivity index (χ1n) is 6.30. The third-order valence-corrected chi connectivity index (χ3v) is 5.78. The number of carboxylic acids is 1. The zero-order valence-electron chi connectivity index (χ0n) is 11.1. The number of halogens is 1. The fourth-order valence-electron chi connectivity index (χ4n) is 2.44. The van der Waals surface area contributed by atoms with Crippen LogP contribution in [0.2, 0.25) is 0 Å². The molecule has 0 bridgehead atoms. The van der Waals surface area contributed by atoms with Gasteiger partial charge in [-0.25, -0.2) is 9.18 Å². The Hall–Kier alpha value is -1.60. The summed E-state index contributed by atoms with van der Waals surface area (Å²) in [6.07, 6.45) is 0. The van der Waals surface area contributed by atoms with E-state index in [2.05, 4.69) is 0 Å². The number of thiophene rings is 1. The molecule has 1 atom stereocenters. The molecule has 0 saturated carbocycles. The smallest absolute Gasteiger partial charge is 0.327 e. The number of carboxylic acid groups (broad SMARTS) is 1. The summed E-state index contributed by atoms with van der Waals surface area (Å²) in [5, 5.41) is 9.62. The number of rotatable bonds is 2. The fraction of sp³-hybridized carbons (Fsp3) is 0.286. The van der Waals surface area contributed by atoms with Crippen LogP contribution in [0.1, 0.15) is 15.2 Å². The highest BCUT2D eigenvalue weighted by molar-refractivity contribution is 7.99. The van der Waals surface area contributed by atoms with E-state index in [1.165, 1.54) is 34.1 Å². The number of aliphatic carboxylic acids is 1. The Morgan fingerprint density at radius 3 is 2.86 bits per heavy atom. The highest BCUT2D eigenvalue weighted by Gasteiger charge is 2.36. The average molecular weight is 325 g/mol. The van der Waals surface area contributed by atoms with Crippen LogP contribution in [0.15, 0.2) is 18.2 Å². The van der Waals surface area contributed by atoms with Crippen LogP contribution in [0.25, 0.3) is 10.1 Å². The van der Waals surface area contributed by atoms with Gasteiger partial charge in [-0.2, -0.15) is 0 Å². The molecule has 1 saturated heterocycles. The van der Waals surface area contributed by atoms with E-state index in [-0.39, 0.29) is 11.7 Å². The van der Waals surface area contributed by atoms with Gasteiger partial charge in [0.05, 0.1) is 10.8 Å². The second-order valence-electron chi connectivity index (χ2n) is 4.80. The van der Waals surface area contributed by atoms with Crippen LogP contribution in [0, 0.1) is 12.7 Å². The van der Waals surface area contributed by atoms with Crippen LogP contribution >= 0.6 is 23.1 Å². The van der Waals surface area contributed by atoms with Gasteiger partial charge in [0.1, 0.15) is 11.9 Å². The second-order valence-corrected chi connectivity index (χ2v) is 6.85. The van der Waals surface area contributed by atoms with Crippen molar-refractivity contribution in [1.82, 2.24) is 4.90 Å². The van der Waals surface area contributed by atoms with Gasteiger partial charge in [0.2, 0.25) is 0 Å². The maximum atomic E-state index is 13.9. The van der Waals surface area contributed by atoms with Gasteiger partial charge in [0, 0.05) is 15.8 Å². The molecular formula is C14H12FNO3S2. The Balaban J connectivity index is 2.04. The molecule has 2 heterocycles. The molecule has 1 aliphatic heterocycles. The highest BCUT2D eigenvalue weighted by Crippen LogP contribution is 2.35.